The number of aliphatic hydroxyl groups is 1. The molecule has 118 valence electrons. The number of hydrogen-bond donors (Lipinski definition) is 1. The van der Waals surface area contributed by atoms with Crippen LogP contribution in [-0.2, 0) is 13.9 Å². The van der Waals surface area contributed by atoms with Gasteiger partial charge >= 0.3 is 0 Å². The third-order valence-corrected chi connectivity index (χ3v) is 8.70. The van der Waals surface area contributed by atoms with Crippen molar-refractivity contribution in [2.75, 3.05) is 6.61 Å². The van der Waals surface area contributed by atoms with Crippen molar-refractivity contribution in [3.8, 4) is 0 Å². The van der Waals surface area contributed by atoms with Crippen LogP contribution in [0.1, 0.15) is 34.6 Å². The fraction of sp³-hybridized carbons (Fsp3) is 0.867. The maximum absolute atomic E-state index is 10.4. The van der Waals surface area contributed by atoms with Crippen molar-refractivity contribution in [3.05, 3.63) is 12.7 Å². The SMILES string of the molecule is C=C[C@H]1OC(C)(C)O[C@@H]1[C@H](O)CO[Si](C)(C)C(C)(C)C. The van der Waals surface area contributed by atoms with Gasteiger partial charge in [0.15, 0.2) is 14.1 Å². The Balaban J connectivity index is 2.63. The molecule has 0 aromatic rings. The number of aliphatic hydroxyl groups excluding tert-OH is 1. The van der Waals surface area contributed by atoms with E-state index in [-0.39, 0.29) is 17.7 Å². The minimum absolute atomic E-state index is 0.122. The molecule has 20 heavy (non-hydrogen) atoms. The monoisotopic (exact) mass is 302 g/mol. The minimum atomic E-state index is -1.87. The van der Waals surface area contributed by atoms with Gasteiger partial charge in [-0.25, -0.2) is 0 Å². The van der Waals surface area contributed by atoms with E-state index in [4.69, 9.17) is 13.9 Å². The van der Waals surface area contributed by atoms with E-state index < -0.39 is 26.3 Å². The molecule has 0 bridgehead atoms. The molecule has 1 heterocycles. The molecule has 5 heteroatoms. The van der Waals surface area contributed by atoms with Crippen molar-refractivity contribution in [2.24, 2.45) is 0 Å². The first-order valence-electron chi connectivity index (χ1n) is 7.20. The topological polar surface area (TPSA) is 47.9 Å². The lowest BCUT2D eigenvalue weighted by Crippen LogP contribution is -2.46. The molecule has 1 aliphatic heterocycles. The molecule has 1 fully saturated rings. The van der Waals surface area contributed by atoms with E-state index >= 15 is 0 Å². The van der Waals surface area contributed by atoms with Gasteiger partial charge in [-0.05, 0) is 32.0 Å². The van der Waals surface area contributed by atoms with Crippen molar-refractivity contribution in [2.45, 2.75) is 76.8 Å². The predicted molar refractivity (Wildman–Crippen MR) is 83.2 cm³/mol. The lowest BCUT2D eigenvalue weighted by Gasteiger charge is -2.37. The quantitative estimate of drug-likeness (QED) is 0.626. The van der Waals surface area contributed by atoms with Crippen LogP contribution in [0, 0.1) is 0 Å². The Bertz CT molecular complexity index is 346. The van der Waals surface area contributed by atoms with Crippen molar-refractivity contribution in [1.82, 2.24) is 0 Å². The highest BCUT2D eigenvalue weighted by Crippen LogP contribution is 2.37. The van der Waals surface area contributed by atoms with Crippen LogP contribution in [0.3, 0.4) is 0 Å². The summed E-state index contributed by atoms with van der Waals surface area (Å²) in [5, 5.41) is 10.5. The molecule has 3 atom stereocenters. The Morgan fingerprint density at radius 1 is 1.35 bits per heavy atom. The van der Waals surface area contributed by atoms with E-state index in [1.807, 2.05) is 13.8 Å². The molecule has 1 saturated heterocycles. The summed E-state index contributed by atoms with van der Waals surface area (Å²) in [5.41, 5.74) is 0. The van der Waals surface area contributed by atoms with Gasteiger partial charge < -0.3 is 19.0 Å². The second-order valence-corrected chi connectivity index (χ2v) is 12.2. The predicted octanol–water partition coefficient (Wildman–Crippen LogP) is 3.08. The van der Waals surface area contributed by atoms with Gasteiger partial charge in [0.1, 0.15) is 18.3 Å². The summed E-state index contributed by atoms with van der Waals surface area (Å²) in [6.45, 7) is 18.6. The number of hydrogen-bond acceptors (Lipinski definition) is 4. The molecular weight excluding hydrogens is 272 g/mol. The highest BCUT2D eigenvalue weighted by atomic mass is 28.4. The highest BCUT2D eigenvalue weighted by Gasteiger charge is 2.44. The molecule has 0 radical (unpaired) electrons. The molecule has 1 N–H and O–H groups in total. The first-order valence-corrected chi connectivity index (χ1v) is 10.1. The minimum Gasteiger partial charge on any atom is -0.414 e. The standard InChI is InChI=1S/C15H30O4Si/c1-9-12-13(19-15(5,6)18-12)11(16)10-17-20(7,8)14(2,3)4/h9,11-13,16H,1,10H2,2-8H3/t11-,12-,13-/m1/s1. The maximum Gasteiger partial charge on any atom is 0.192 e. The second kappa shape index (κ2) is 5.89. The molecule has 0 saturated carbocycles. The summed E-state index contributed by atoms with van der Waals surface area (Å²) in [5.74, 6) is -0.693. The summed E-state index contributed by atoms with van der Waals surface area (Å²) in [6.07, 6.45) is 0.235. The van der Waals surface area contributed by atoms with Crippen molar-refractivity contribution in [1.29, 1.82) is 0 Å². The summed E-state index contributed by atoms with van der Waals surface area (Å²) in [4.78, 5) is 0. The van der Waals surface area contributed by atoms with Gasteiger partial charge in [-0.1, -0.05) is 26.8 Å². The van der Waals surface area contributed by atoms with Crippen LogP contribution in [0.15, 0.2) is 12.7 Å². The Morgan fingerprint density at radius 2 is 1.90 bits per heavy atom. The van der Waals surface area contributed by atoms with Crippen LogP contribution in [0.5, 0.6) is 0 Å². The molecular formula is C15H30O4Si. The van der Waals surface area contributed by atoms with Gasteiger partial charge in [0.2, 0.25) is 0 Å². The van der Waals surface area contributed by atoms with Crippen LogP contribution in [-0.4, -0.2) is 44.1 Å². The van der Waals surface area contributed by atoms with E-state index in [2.05, 4.69) is 40.4 Å². The number of ether oxygens (including phenoxy) is 2. The smallest absolute Gasteiger partial charge is 0.192 e. The van der Waals surface area contributed by atoms with Crippen LogP contribution < -0.4 is 0 Å². The summed E-state index contributed by atoms with van der Waals surface area (Å²) in [6, 6.07) is 0. The zero-order valence-electron chi connectivity index (χ0n) is 13.9. The molecule has 0 aromatic heterocycles. The first kappa shape index (κ1) is 17.8. The molecule has 1 aliphatic rings. The van der Waals surface area contributed by atoms with Crippen molar-refractivity contribution < 1.29 is 19.0 Å². The molecule has 1 rings (SSSR count). The molecule has 4 nitrogen and oxygen atoms in total. The zero-order chi connectivity index (χ0) is 15.8. The van der Waals surface area contributed by atoms with Gasteiger partial charge in [-0.2, -0.15) is 0 Å². The maximum atomic E-state index is 10.4. The normalized spacial score (nSPS) is 28.4. The average molecular weight is 302 g/mol. The lowest BCUT2D eigenvalue weighted by molar-refractivity contribution is -0.155. The van der Waals surface area contributed by atoms with Gasteiger partial charge in [0.25, 0.3) is 0 Å². The van der Waals surface area contributed by atoms with Crippen LogP contribution in [0.4, 0.5) is 0 Å². The third-order valence-electron chi connectivity index (χ3n) is 4.20. The molecule has 0 spiro atoms. The Labute approximate surface area is 124 Å². The number of rotatable bonds is 5. The van der Waals surface area contributed by atoms with E-state index in [1.165, 1.54) is 0 Å². The van der Waals surface area contributed by atoms with E-state index in [9.17, 15) is 5.11 Å². The molecule has 0 aliphatic carbocycles. The Kier molecular flexibility index (Phi) is 5.25. The van der Waals surface area contributed by atoms with E-state index in [0.29, 0.717) is 0 Å². The second-order valence-electron chi connectivity index (χ2n) is 7.44. The van der Waals surface area contributed by atoms with Crippen molar-refractivity contribution >= 4 is 8.32 Å². The summed E-state index contributed by atoms with van der Waals surface area (Å²) in [7, 11) is -1.87. The Hall–Kier alpha value is -0.203. The molecule has 0 unspecified atom stereocenters. The molecule has 0 aromatic carbocycles. The van der Waals surface area contributed by atoms with Gasteiger partial charge in [-0.3, -0.25) is 0 Å². The van der Waals surface area contributed by atoms with E-state index in [0.717, 1.165) is 0 Å². The van der Waals surface area contributed by atoms with Crippen LogP contribution in [0.2, 0.25) is 18.1 Å². The Morgan fingerprint density at radius 3 is 2.35 bits per heavy atom. The highest BCUT2D eigenvalue weighted by molar-refractivity contribution is 6.74. The first-order chi connectivity index (χ1) is 8.89. The summed E-state index contributed by atoms with van der Waals surface area (Å²) < 4.78 is 17.5. The fourth-order valence-corrected chi connectivity index (χ4v) is 2.92. The van der Waals surface area contributed by atoms with Crippen LogP contribution in [0.25, 0.3) is 0 Å². The van der Waals surface area contributed by atoms with Gasteiger partial charge in [0.05, 0.1) is 6.61 Å². The van der Waals surface area contributed by atoms with Gasteiger partial charge in [0, 0.05) is 0 Å². The zero-order valence-corrected chi connectivity index (χ0v) is 14.9. The summed E-state index contributed by atoms with van der Waals surface area (Å²) >= 11 is 0. The van der Waals surface area contributed by atoms with Crippen LogP contribution >= 0.6 is 0 Å². The fourth-order valence-electron chi connectivity index (χ4n) is 1.90. The third kappa shape index (κ3) is 4.15. The van der Waals surface area contributed by atoms with Crippen molar-refractivity contribution in [3.63, 3.8) is 0 Å². The largest absolute Gasteiger partial charge is 0.414 e. The molecule has 0 amide bonds. The van der Waals surface area contributed by atoms with E-state index in [1.54, 1.807) is 6.08 Å². The van der Waals surface area contributed by atoms with Gasteiger partial charge in [-0.15, -0.1) is 6.58 Å². The lowest BCUT2D eigenvalue weighted by atomic mass is 10.1. The average Bonchev–Trinajstić information content (AvgIpc) is 2.60.